The minimum atomic E-state index is -2.26. The molecular weight excluding hydrogens is 295 g/mol. The van der Waals surface area contributed by atoms with Gasteiger partial charge in [0.2, 0.25) is 5.82 Å². The van der Waals surface area contributed by atoms with Crippen LogP contribution in [0, 0.1) is 29.1 Å². The largest absolute Gasteiger partial charge is 0.378 e. The van der Waals surface area contributed by atoms with Crippen molar-refractivity contribution in [3.63, 3.8) is 0 Å². The fourth-order valence-corrected chi connectivity index (χ4v) is 2.34. The average molecular weight is 308 g/mol. The summed E-state index contributed by atoms with van der Waals surface area (Å²) >= 11 is 0. The molecule has 1 aliphatic heterocycles. The predicted molar refractivity (Wildman–Crippen MR) is 63.4 cm³/mol. The van der Waals surface area contributed by atoms with E-state index in [2.05, 4.69) is 0 Å². The Labute approximate surface area is 117 Å². The Hall–Kier alpha value is -1.50. The Kier molecular flexibility index (Phi) is 4.92. The van der Waals surface area contributed by atoms with Crippen LogP contribution in [0.5, 0.6) is 0 Å². The van der Waals surface area contributed by atoms with Crippen LogP contribution in [-0.4, -0.2) is 18.5 Å². The van der Waals surface area contributed by atoms with Crippen LogP contribution in [0.25, 0.3) is 0 Å². The topological polar surface area (TPSA) is 26.3 Å². The van der Waals surface area contributed by atoms with E-state index in [0.29, 0.717) is 13.0 Å². The molecule has 2 rings (SSSR count). The standard InChI is InChI=1S/C14H13F5O2/c15-10-9(11(16)13(18)14(19)12(10)17)8(20)5-1-3-7-4-2-6-21-7/h7H,1-6H2. The fourth-order valence-electron chi connectivity index (χ4n) is 2.34. The fraction of sp³-hybridized carbons (Fsp3) is 0.500. The number of ether oxygens (including phenoxy) is 1. The monoisotopic (exact) mass is 308 g/mol. The van der Waals surface area contributed by atoms with Gasteiger partial charge in [0.15, 0.2) is 29.1 Å². The highest BCUT2D eigenvalue weighted by Crippen LogP contribution is 2.25. The maximum absolute atomic E-state index is 13.4. The molecule has 0 radical (unpaired) electrons. The molecule has 1 aromatic rings. The van der Waals surface area contributed by atoms with Crippen molar-refractivity contribution < 1.29 is 31.5 Å². The number of halogens is 5. The van der Waals surface area contributed by atoms with Crippen LogP contribution in [0.4, 0.5) is 22.0 Å². The van der Waals surface area contributed by atoms with Gasteiger partial charge in [-0.2, -0.15) is 0 Å². The molecule has 116 valence electrons. The van der Waals surface area contributed by atoms with Crippen LogP contribution in [0.15, 0.2) is 0 Å². The number of benzene rings is 1. The van der Waals surface area contributed by atoms with Gasteiger partial charge >= 0.3 is 0 Å². The Morgan fingerprint density at radius 3 is 2.10 bits per heavy atom. The molecule has 2 nitrogen and oxygen atoms in total. The zero-order valence-corrected chi connectivity index (χ0v) is 11.0. The molecule has 0 aliphatic carbocycles. The molecular formula is C14H13F5O2. The van der Waals surface area contributed by atoms with E-state index >= 15 is 0 Å². The minimum absolute atomic E-state index is 0.00539. The van der Waals surface area contributed by atoms with Gasteiger partial charge in [0.1, 0.15) is 0 Å². The summed E-state index contributed by atoms with van der Waals surface area (Å²) in [5, 5.41) is 0. The van der Waals surface area contributed by atoms with Crippen molar-refractivity contribution in [2.45, 2.75) is 38.2 Å². The molecule has 1 fully saturated rings. The summed E-state index contributed by atoms with van der Waals surface area (Å²) in [5.74, 6) is -11.7. The first kappa shape index (κ1) is 15.9. The zero-order chi connectivity index (χ0) is 15.6. The Bertz CT molecular complexity index is 524. The van der Waals surface area contributed by atoms with Crippen LogP contribution >= 0.6 is 0 Å². The molecule has 1 aromatic carbocycles. The summed E-state index contributed by atoms with van der Waals surface area (Å²) in [6, 6.07) is 0. The van der Waals surface area contributed by atoms with Crippen molar-refractivity contribution in [3.05, 3.63) is 34.6 Å². The number of hydrogen-bond acceptors (Lipinski definition) is 2. The number of Topliss-reactive ketones (excluding diaryl/α,β-unsaturated/α-hetero) is 1. The third-order valence-electron chi connectivity index (χ3n) is 3.44. The van der Waals surface area contributed by atoms with E-state index < -0.39 is 40.4 Å². The number of hydrogen-bond donors (Lipinski definition) is 0. The molecule has 0 aromatic heterocycles. The van der Waals surface area contributed by atoms with Gasteiger partial charge in [-0.1, -0.05) is 0 Å². The van der Waals surface area contributed by atoms with Gasteiger partial charge in [0.05, 0.1) is 11.7 Å². The smallest absolute Gasteiger partial charge is 0.200 e. The van der Waals surface area contributed by atoms with Crippen molar-refractivity contribution in [1.82, 2.24) is 0 Å². The Morgan fingerprint density at radius 1 is 1.00 bits per heavy atom. The van der Waals surface area contributed by atoms with Gasteiger partial charge in [-0.05, 0) is 25.7 Å². The van der Waals surface area contributed by atoms with Crippen LogP contribution in [0.1, 0.15) is 42.5 Å². The zero-order valence-electron chi connectivity index (χ0n) is 11.0. The summed E-state index contributed by atoms with van der Waals surface area (Å²) < 4.78 is 71.0. The van der Waals surface area contributed by atoms with Crippen molar-refractivity contribution >= 4 is 5.78 Å². The van der Waals surface area contributed by atoms with Crippen LogP contribution < -0.4 is 0 Å². The lowest BCUT2D eigenvalue weighted by Crippen LogP contribution is -2.13. The maximum atomic E-state index is 13.4. The lowest BCUT2D eigenvalue weighted by atomic mass is 10.0. The van der Waals surface area contributed by atoms with E-state index in [1.165, 1.54) is 0 Å². The van der Waals surface area contributed by atoms with Crippen molar-refractivity contribution in [3.8, 4) is 0 Å². The minimum Gasteiger partial charge on any atom is -0.378 e. The second kappa shape index (κ2) is 6.51. The molecule has 1 saturated heterocycles. The van der Waals surface area contributed by atoms with Crippen LogP contribution in [0.2, 0.25) is 0 Å². The quantitative estimate of drug-likeness (QED) is 0.357. The van der Waals surface area contributed by atoms with Gasteiger partial charge < -0.3 is 4.74 Å². The molecule has 21 heavy (non-hydrogen) atoms. The SMILES string of the molecule is O=C(CCCC1CCCO1)c1c(F)c(F)c(F)c(F)c1F. The summed E-state index contributed by atoms with van der Waals surface area (Å²) in [6.07, 6.45) is 2.24. The molecule has 1 unspecified atom stereocenters. The molecule has 1 aliphatic rings. The molecule has 0 spiro atoms. The van der Waals surface area contributed by atoms with Gasteiger partial charge in [0, 0.05) is 13.0 Å². The molecule has 0 amide bonds. The first-order valence-corrected chi connectivity index (χ1v) is 6.59. The van der Waals surface area contributed by atoms with Crippen molar-refractivity contribution in [2.24, 2.45) is 0 Å². The Balaban J connectivity index is 2.08. The average Bonchev–Trinajstić information content (AvgIpc) is 2.96. The summed E-state index contributed by atoms with van der Waals surface area (Å²) in [4.78, 5) is 11.7. The van der Waals surface area contributed by atoms with E-state index in [1.54, 1.807) is 0 Å². The molecule has 1 atom stereocenters. The number of carbonyl (C=O) groups is 1. The number of rotatable bonds is 5. The third kappa shape index (κ3) is 3.23. The van der Waals surface area contributed by atoms with E-state index in [1.807, 2.05) is 0 Å². The highest BCUT2D eigenvalue weighted by atomic mass is 19.2. The second-order valence-corrected chi connectivity index (χ2v) is 4.90. The molecule has 0 saturated carbocycles. The number of ketones is 1. The van der Waals surface area contributed by atoms with E-state index in [0.717, 1.165) is 12.8 Å². The molecule has 0 bridgehead atoms. The van der Waals surface area contributed by atoms with Crippen molar-refractivity contribution in [1.29, 1.82) is 0 Å². The molecule has 0 N–H and O–H groups in total. The summed E-state index contributed by atoms with van der Waals surface area (Å²) in [6.45, 7) is 0.635. The normalized spacial score (nSPS) is 18.2. The van der Waals surface area contributed by atoms with E-state index in [4.69, 9.17) is 4.74 Å². The maximum Gasteiger partial charge on any atom is 0.200 e. The number of carbonyl (C=O) groups excluding carboxylic acids is 1. The first-order valence-electron chi connectivity index (χ1n) is 6.59. The van der Waals surface area contributed by atoms with Crippen LogP contribution in [-0.2, 0) is 4.74 Å². The van der Waals surface area contributed by atoms with Gasteiger partial charge in [-0.25, -0.2) is 22.0 Å². The summed E-state index contributed by atoms with van der Waals surface area (Å²) in [7, 11) is 0. The van der Waals surface area contributed by atoms with E-state index in [-0.39, 0.29) is 18.9 Å². The van der Waals surface area contributed by atoms with E-state index in [9.17, 15) is 26.7 Å². The highest BCUT2D eigenvalue weighted by Gasteiger charge is 2.29. The Morgan fingerprint density at radius 2 is 1.57 bits per heavy atom. The third-order valence-corrected chi connectivity index (χ3v) is 3.44. The first-order chi connectivity index (χ1) is 9.93. The molecule has 7 heteroatoms. The molecule has 1 heterocycles. The van der Waals surface area contributed by atoms with Gasteiger partial charge in [-0.15, -0.1) is 0 Å². The lowest BCUT2D eigenvalue weighted by molar-refractivity contribution is 0.0915. The lowest BCUT2D eigenvalue weighted by Gasteiger charge is -2.09. The highest BCUT2D eigenvalue weighted by molar-refractivity contribution is 5.96. The van der Waals surface area contributed by atoms with Crippen molar-refractivity contribution in [2.75, 3.05) is 6.61 Å². The van der Waals surface area contributed by atoms with Gasteiger partial charge in [0.25, 0.3) is 0 Å². The van der Waals surface area contributed by atoms with Crippen LogP contribution in [0.3, 0.4) is 0 Å². The van der Waals surface area contributed by atoms with Gasteiger partial charge in [-0.3, -0.25) is 4.79 Å². The summed E-state index contributed by atoms with van der Waals surface area (Å²) in [5.41, 5.74) is -1.36. The predicted octanol–water partition coefficient (Wildman–Crippen LogP) is 3.91. The second-order valence-electron chi connectivity index (χ2n) is 4.90.